The SMILES string of the molecule is CCNC(Cc1ccccc1C)c1cc2c(s1)CCSC2. The minimum absolute atomic E-state index is 0.455. The Morgan fingerprint density at radius 3 is 2.90 bits per heavy atom. The van der Waals surface area contributed by atoms with Crippen molar-refractivity contribution in [3.05, 3.63) is 56.8 Å². The summed E-state index contributed by atoms with van der Waals surface area (Å²) in [5, 5.41) is 3.69. The molecule has 1 aromatic heterocycles. The average Bonchev–Trinajstić information content (AvgIpc) is 2.93. The van der Waals surface area contributed by atoms with E-state index in [1.165, 1.54) is 33.9 Å². The zero-order valence-corrected chi connectivity index (χ0v) is 14.4. The molecule has 2 heterocycles. The Morgan fingerprint density at radius 2 is 2.14 bits per heavy atom. The molecule has 1 nitrogen and oxygen atoms in total. The van der Waals surface area contributed by atoms with Gasteiger partial charge in [-0.1, -0.05) is 31.2 Å². The van der Waals surface area contributed by atoms with E-state index in [-0.39, 0.29) is 0 Å². The van der Waals surface area contributed by atoms with Gasteiger partial charge in [0.25, 0.3) is 0 Å². The number of hydrogen-bond donors (Lipinski definition) is 1. The van der Waals surface area contributed by atoms with Crippen molar-refractivity contribution in [2.75, 3.05) is 12.3 Å². The van der Waals surface area contributed by atoms with E-state index in [0.717, 1.165) is 13.0 Å². The molecule has 1 aromatic carbocycles. The zero-order valence-electron chi connectivity index (χ0n) is 12.8. The first kappa shape index (κ1) is 15.1. The number of benzene rings is 1. The van der Waals surface area contributed by atoms with Gasteiger partial charge in [-0.25, -0.2) is 0 Å². The summed E-state index contributed by atoms with van der Waals surface area (Å²) in [4.78, 5) is 3.14. The van der Waals surface area contributed by atoms with E-state index in [2.05, 4.69) is 61.3 Å². The van der Waals surface area contributed by atoms with Gasteiger partial charge in [0.2, 0.25) is 0 Å². The van der Waals surface area contributed by atoms with Crippen molar-refractivity contribution < 1.29 is 0 Å². The number of nitrogens with one attached hydrogen (secondary N) is 1. The fraction of sp³-hybridized carbons (Fsp3) is 0.444. The summed E-state index contributed by atoms with van der Waals surface area (Å²) in [6.45, 7) is 5.44. The number of rotatable bonds is 5. The Balaban J connectivity index is 1.84. The fourth-order valence-electron chi connectivity index (χ4n) is 2.92. The van der Waals surface area contributed by atoms with Gasteiger partial charge in [0, 0.05) is 21.5 Å². The average molecular weight is 318 g/mol. The molecule has 0 aliphatic carbocycles. The summed E-state index contributed by atoms with van der Waals surface area (Å²) in [6.07, 6.45) is 2.35. The largest absolute Gasteiger partial charge is 0.309 e. The molecule has 0 radical (unpaired) electrons. The summed E-state index contributed by atoms with van der Waals surface area (Å²) in [6, 6.07) is 11.7. The van der Waals surface area contributed by atoms with Crippen LogP contribution in [-0.4, -0.2) is 12.3 Å². The number of thiophene rings is 1. The summed E-state index contributed by atoms with van der Waals surface area (Å²) >= 11 is 4.10. The van der Waals surface area contributed by atoms with E-state index < -0.39 is 0 Å². The molecule has 3 heteroatoms. The smallest absolute Gasteiger partial charge is 0.0455 e. The molecular weight excluding hydrogens is 294 g/mol. The zero-order chi connectivity index (χ0) is 14.7. The van der Waals surface area contributed by atoms with Crippen molar-refractivity contribution in [3.8, 4) is 0 Å². The van der Waals surface area contributed by atoms with Crippen LogP contribution in [0.25, 0.3) is 0 Å². The van der Waals surface area contributed by atoms with E-state index in [1.807, 2.05) is 11.3 Å². The van der Waals surface area contributed by atoms with Crippen molar-refractivity contribution in [2.24, 2.45) is 0 Å². The first-order valence-corrected chi connectivity index (χ1v) is 9.72. The predicted molar refractivity (Wildman–Crippen MR) is 95.5 cm³/mol. The fourth-order valence-corrected chi connectivity index (χ4v) is 5.37. The van der Waals surface area contributed by atoms with E-state index >= 15 is 0 Å². The molecule has 0 bridgehead atoms. The van der Waals surface area contributed by atoms with Crippen molar-refractivity contribution in [1.29, 1.82) is 0 Å². The van der Waals surface area contributed by atoms with Gasteiger partial charge >= 0.3 is 0 Å². The van der Waals surface area contributed by atoms with Crippen LogP contribution in [0.15, 0.2) is 30.3 Å². The molecule has 1 aliphatic rings. The molecule has 1 atom stereocenters. The van der Waals surface area contributed by atoms with Crippen LogP contribution in [0.1, 0.15) is 39.4 Å². The number of aryl methyl sites for hydroxylation is 2. The lowest BCUT2D eigenvalue weighted by Crippen LogP contribution is -2.22. The van der Waals surface area contributed by atoms with Crippen LogP contribution >= 0.6 is 23.1 Å². The minimum atomic E-state index is 0.455. The molecule has 0 fully saturated rings. The lowest BCUT2D eigenvalue weighted by molar-refractivity contribution is 0.557. The van der Waals surface area contributed by atoms with Crippen LogP contribution in [-0.2, 0) is 18.6 Å². The van der Waals surface area contributed by atoms with Gasteiger partial charge in [-0.15, -0.1) is 11.3 Å². The second-order valence-electron chi connectivity index (χ2n) is 5.64. The van der Waals surface area contributed by atoms with Gasteiger partial charge < -0.3 is 5.32 Å². The maximum Gasteiger partial charge on any atom is 0.0455 e. The number of thioether (sulfide) groups is 1. The Bertz CT molecular complexity index is 580. The van der Waals surface area contributed by atoms with Crippen molar-refractivity contribution in [3.63, 3.8) is 0 Å². The topological polar surface area (TPSA) is 12.0 Å². The molecule has 112 valence electrons. The minimum Gasteiger partial charge on any atom is -0.309 e. The van der Waals surface area contributed by atoms with Gasteiger partial charge in [-0.3, -0.25) is 0 Å². The number of likely N-dealkylation sites (N-methyl/N-ethyl adjacent to an activating group) is 1. The van der Waals surface area contributed by atoms with Crippen LogP contribution < -0.4 is 5.32 Å². The lowest BCUT2D eigenvalue weighted by atomic mass is 10.00. The Morgan fingerprint density at radius 1 is 1.29 bits per heavy atom. The monoisotopic (exact) mass is 317 g/mol. The van der Waals surface area contributed by atoms with Gasteiger partial charge in [-0.2, -0.15) is 11.8 Å². The van der Waals surface area contributed by atoms with E-state index in [0.29, 0.717) is 6.04 Å². The highest BCUT2D eigenvalue weighted by Crippen LogP contribution is 2.35. The van der Waals surface area contributed by atoms with Crippen molar-refractivity contribution in [2.45, 2.75) is 38.5 Å². The Labute approximate surface area is 136 Å². The molecule has 1 aliphatic heterocycles. The third-order valence-electron chi connectivity index (χ3n) is 4.13. The maximum absolute atomic E-state index is 3.69. The first-order chi connectivity index (χ1) is 10.3. The predicted octanol–water partition coefficient (Wildman–Crippen LogP) is 4.74. The molecule has 1 unspecified atom stereocenters. The first-order valence-electron chi connectivity index (χ1n) is 7.75. The summed E-state index contributed by atoms with van der Waals surface area (Å²) < 4.78 is 0. The van der Waals surface area contributed by atoms with Crippen LogP contribution in [0, 0.1) is 6.92 Å². The molecule has 21 heavy (non-hydrogen) atoms. The van der Waals surface area contributed by atoms with E-state index in [1.54, 1.807) is 10.4 Å². The standard InChI is InChI=1S/C18H23NS2/c1-3-19-16(10-14-7-5-4-6-13(14)2)18-11-15-12-20-9-8-17(15)21-18/h4-7,11,16,19H,3,8-10,12H2,1-2H3. The van der Waals surface area contributed by atoms with Crippen LogP contribution in [0.5, 0.6) is 0 Å². The lowest BCUT2D eigenvalue weighted by Gasteiger charge is -2.17. The summed E-state index contributed by atoms with van der Waals surface area (Å²) in [5.74, 6) is 2.49. The van der Waals surface area contributed by atoms with Gasteiger partial charge in [0.05, 0.1) is 0 Å². The number of fused-ring (bicyclic) bond motifs is 1. The number of hydrogen-bond acceptors (Lipinski definition) is 3. The van der Waals surface area contributed by atoms with Gasteiger partial charge in [0.1, 0.15) is 0 Å². The molecule has 0 spiro atoms. The normalized spacial score (nSPS) is 15.7. The van der Waals surface area contributed by atoms with Crippen LogP contribution in [0.4, 0.5) is 0 Å². The quantitative estimate of drug-likeness (QED) is 0.855. The molecule has 3 rings (SSSR count). The third kappa shape index (κ3) is 3.53. The van der Waals surface area contributed by atoms with Gasteiger partial charge in [0.15, 0.2) is 0 Å². The highest BCUT2D eigenvalue weighted by Gasteiger charge is 2.19. The van der Waals surface area contributed by atoms with Gasteiger partial charge in [-0.05, 0) is 54.8 Å². The van der Waals surface area contributed by atoms with Crippen LogP contribution in [0.3, 0.4) is 0 Å². The van der Waals surface area contributed by atoms with E-state index in [4.69, 9.17) is 0 Å². The highest BCUT2D eigenvalue weighted by atomic mass is 32.2. The highest BCUT2D eigenvalue weighted by molar-refractivity contribution is 7.98. The van der Waals surface area contributed by atoms with E-state index in [9.17, 15) is 0 Å². The summed E-state index contributed by atoms with van der Waals surface area (Å²) in [5.41, 5.74) is 4.44. The second-order valence-corrected chi connectivity index (χ2v) is 7.91. The molecule has 0 saturated carbocycles. The van der Waals surface area contributed by atoms with Crippen molar-refractivity contribution >= 4 is 23.1 Å². The Kier molecular flexibility index (Phi) is 5.04. The molecule has 1 N–H and O–H groups in total. The Hall–Kier alpha value is -0.770. The molecule has 0 saturated heterocycles. The molecular formula is C18H23NS2. The molecule has 0 amide bonds. The molecule has 2 aromatic rings. The third-order valence-corrected chi connectivity index (χ3v) is 6.48. The second kappa shape index (κ2) is 6.99. The summed E-state index contributed by atoms with van der Waals surface area (Å²) in [7, 11) is 0. The van der Waals surface area contributed by atoms with Crippen LogP contribution in [0.2, 0.25) is 0 Å². The van der Waals surface area contributed by atoms with Crippen molar-refractivity contribution in [1.82, 2.24) is 5.32 Å². The maximum atomic E-state index is 3.69.